The van der Waals surface area contributed by atoms with E-state index in [-0.39, 0.29) is 31.1 Å². The van der Waals surface area contributed by atoms with Crippen LogP contribution in [0.4, 0.5) is 0 Å². The molecular formula is C76H134O6. The van der Waals surface area contributed by atoms with Crippen LogP contribution in [0.5, 0.6) is 0 Å². The van der Waals surface area contributed by atoms with Crippen LogP contribution in [0.3, 0.4) is 0 Å². The van der Waals surface area contributed by atoms with E-state index in [1.807, 2.05) is 0 Å². The fourth-order valence-electron chi connectivity index (χ4n) is 10.3. The second-order valence-corrected chi connectivity index (χ2v) is 23.8. The van der Waals surface area contributed by atoms with Gasteiger partial charge in [0.1, 0.15) is 13.2 Å². The van der Waals surface area contributed by atoms with Gasteiger partial charge >= 0.3 is 17.9 Å². The lowest BCUT2D eigenvalue weighted by Crippen LogP contribution is -2.30. The molecule has 0 aliphatic carbocycles. The molecule has 0 radical (unpaired) electrons. The SMILES string of the molecule is CC/C=C\C/C=C\C/C=C\C/C=C\CCCCCCCCCCCCCCCCCCCCC(=O)OCC(COC(=O)CCCCCCC/C=C\CCC)OC(=O)CCCCCCCCCCCCC/C=C\C/C=C\CCCCCCC. The Morgan fingerprint density at radius 3 is 0.805 bits per heavy atom. The zero-order valence-corrected chi connectivity index (χ0v) is 54.5. The summed E-state index contributed by atoms with van der Waals surface area (Å²) in [5, 5.41) is 0. The molecule has 1 unspecified atom stereocenters. The molecule has 0 aromatic heterocycles. The Bertz CT molecular complexity index is 1550. The molecular weight excluding hydrogens is 1010 g/mol. The summed E-state index contributed by atoms with van der Waals surface area (Å²) in [4.78, 5) is 38.3. The maximum atomic E-state index is 12.9. The number of rotatable bonds is 65. The summed E-state index contributed by atoms with van der Waals surface area (Å²) in [6.45, 7) is 6.49. The van der Waals surface area contributed by atoms with Gasteiger partial charge in [-0.05, 0) is 109 Å². The van der Waals surface area contributed by atoms with E-state index in [2.05, 4.69) is 106 Å². The molecule has 0 saturated carbocycles. The third-order valence-electron chi connectivity index (χ3n) is 15.6. The summed E-state index contributed by atoms with van der Waals surface area (Å²) in [7, 11) is 0. The van der Waals surface area contributed by atoms with Crippen molar-refractivity contribution in [2.45, 2.75) is 367 Å². The van der Waals surface area contributed by atoms with Gasteiger partial charge in [-0.2, -0.15) is 0 Å². The maximum Gasteiger partial charge on any atom is 0.306 e. The minimum Gasteiger partial charge on any atom is -0.462 e. The van der Waals surface area contributed by atoms with Crippen LogP contribution in [0, 0.1) is 0 Å². The highest BCUT2D eigenvalue weighted by molar-refractivity contribution is 5.71. The second-order valence-electron chi connectivity index (χ2n) is 23.8. The molecule has 0 bridgehead atoms. The van der Waals surface area contributed by atoms with Gasteiger partial charge in [-0.3, -0.25) is 14.4 Å². The minimum absolute atomic E-state index is 0.0760. The molecule has 82 heavy (non-hydrogen) atoms. The van der Waals surface area contributed by atoms with Gasteiger partial charge in [-0.15, -0.1) is 0 Å². The lowest BCUT2D eigenvalue weighted by Gasteiger charge is -2.18. The third-order valence-corrected chi connectivity index (χ3v) is 15.6. The number of hydrogen-bond acceptors (Lipinski definition) is 6. The number of hydrogen-bond donors (Lipinski definition) is 0. The lowest BCUT2D eigenvalue weighted by molar-refractivity contribution is -0.167. The topological polar surface area (TPSA) is 78.9 Å². The minimum atomic E-state index is -0.780. The quantitative estimate of drug-likeness (QED) is 0.0261. The van der Waals surface area contributed by atoms with Gasteiger partial charge in [-0.1, -0.05) is 318 Å². The number of esters is 3. The lowest BCUT2D eigenvalue weighted by atomic mass is 10.0. The monoisotopic (exact) mass is 1140 g/mol. The molecule has 0 heterocycles. The number of carbonyl (C=O) groups is 3. The first-order valence-corrected chi connectivity index (χ1v) is 35.6. The third kappa shape index (κ3) is 67.4. The van der Waals surface area contributed by atoms with Crippen molar-refractivity contribution in [3.63, 3.8) is 0 Å². The first-order chi connectivity index (χ1) is 40.5. The van der Waals surface area contributed by atoms with Crippen molar-refractivity contribution in [3.8, 4) is 0 Å². The molecule has 0 aromatic rings. The summed E-state index contributed by atoms with van der Waals surface area (Å²) < 4.78 is 16.9. The smallest absolute Gasteiger partial charge is 0.306 e. The Labute approximate surface area is 509 Å². The fourth-order valence-corrected chi connectivity index (χ4v) is 10.3. The van der Waals surface area contributed by atoms with E-state index in [0.29, 0.717) is 19.3 Å². The number of carbonyl (C=O) groups excluding carboxylic acids is 3. The van der Waals surface area contributed by atoms with Crippen LogP contribution in [0.15, 0.2) is 85.1 Å². The zero-order valence-electron chi connectivity index (χ0n) is 54.5. The van der Waals surface area contributed by atoms with E-state index in [0.717, 1.165) is 103 Å². The molecule has 0 spiro atoms. The van der Waals surface area contributed by atoms with Crippen molar-refractivity contribution >= 4 is 17.9 Å². The van der Waals surface area contributed by atoms with Crippen molar-refractivity contribution < 1.29 is 28.6 Å². The van der Waals surface area contributed by atoms with Crippen LogP contribution in [-0.4, -0.2) is 37.2 Å². The van der Waals surface area contributed by atoms with Gasteiger partial charge in [0.2, 0.25) is 0 Å². The van der Waals surface area contributed by atoms with Crippen LogP contribution < -0.4 is 0 Å². The molecule has 6 nitrogen and oxygen atoms in total. The first-order valence-electron chi connectivity index (χ1n) is 35.6. The first kappa shape index (κ1) is 78.6. The predicted molar refractivity (Wildman–Crippen MR) is 358 cm³/mol. The van der Waals surface area contributed by atoms with Crippen molar-refractivity contribution in [1.82, 2.24) is 0 Å². The molecule has 1 atom stereocenters. The molecule has 474 valence electrons. The van der Waals surface area contributed by atoms with Crippen molar-refractivity contribution in [2.75, 3.05) is 13.2 Å². The van der Waals surface area contributed by atoms with Crippen LogP contribution in [0.2, 0.25) is 0 Å². The van der Waals surface area contributed by atoms with E-state index in [9.17, 15) is 14.4 Å². The normalized spacial score (nSPS) is 12.6. The molecule has 0 aliphatic heterocycles. The summed E-state index contributed by atoms with van der Waals surface area (Å²) in [6, 6.07) is 0. The Kier molecular flexibility index (Phi) is 67.2. The highest BCUT2D eigenvalue weighted by atomic mass is 16.6. The number of allylic oxidation sites excluding steroid dienone is 14. The molecule has 0 aromatic carbocycles. The maximum absolute atomic E-state index is 12.9. The average molecular weight is 1140 g/mol. The van der Waals surface area contributed by atoms with Crippen LogP contribution in [0.25, 0.3) is 0 Å². The molecule has 0 aliphatic rings. The van der Waals surface area contributed by atoms with Gasteiger partial charge < -0.3 is 14.2 Å². The molecule has 0 N–H and O–H groups in total. The predicted octanol–water partition coefficient (Wildman–Crippen LogP) is 24.6. The van der Waals surface area contributed by atoms with Crippen molar-refractivity contribution in [3.05, 3.63) is 85.1 Å². The Hall–Kier alpha value is -3.41. The van der Waals surface area contributed by atoms with Gasteiger partial charge in [-0.25, -0.2) is 0 Å². The fraction of sp³-hybridized carbons (Fsp3) is 0.776. The van der Waals surface area contributed by atoms with E-state index in [1.54, 1.807) is 0 Å². The second kappa shape index (κ2) is 70.1. The summed E-state index contributed by atoms with van der Waals surface area (Å²) in [6.07, 6.45) is 93.4. The van der Waals surface area contributed by atoms with E-state index in [1.165, 1.54) is 218 Å². The molecule has 0 fully saturated rings. The highest BCUT2D eigenvalue weighted by Crippen LogP contribution is 2.18. The standard InChI is InChI=1S/C76H134O6/c1-4-7-10-13-16-19-22-24-26-28-30-32-34-35-36-37-38-39-40-41-43-44-46-48-50-52-54-57-60-63-66-69-75(78)81-72-73(71-80-74(77)68-65-62-59-56-21-18-15-12-9-6-3)82-76(79)70-67-64-61-58-55-53-51-49-47-45-42-33-31-29-27-25-23-20-17-14-11-8-5-2/h7,10,12,15-16,19,23-26,29-32,73H,4-6,8-9,11,13-14,17-18,20-22,27-28,33-72H2,1-3H3/b10-7-,15-12-,19-16-,25-23-,26-24-,31-29-,32-30-. The molecule has 0 saturated heterocycles. The molecule has 6 heteroatoms. The Balaban J connectivity index is 4.13. The van der Waals surface area contributed by atoms with Gasteiger partial charge in [0.15, 0.2) is 6.10 Å². The van der Waals surface area contributed by atoms with Crippen LogP contribution in [-0.2, 0) is 28.6 Å². The number of ether oxygens (including phenoxy) is 3. The van der Waals surface area contributed by atoms with Crippen LogP contribution >= 0.6 is 0 Å². The van der Waals surface area contributed by atoms with E-state index in [4.69, 9.17) is 14.2 Å². The average Bonchev–Trinajstić information content (AvgIpc) is 3.47. The summed E-state index contributed by atoms with van der Waals surface area (Å²) in [5.74, 6) is -0.871. The highest BCUT2D eigenvalue weighted by Gasteiger charge is 2.19. The van der Waals surface area contributed by atoms with Crippen molar-refractivity contribution in [1.29, 1.82) is 0 Å². The van der Waals surface area contributed by atoms with Crippen LogP contribution in [0.1, 0.15) is 361 Å². The van der Waals surface area contributed by atoms with Gasteiger partial charge in [0.25, 0.3) is 0 Å². The van der Waals surface area contributed by atoms with E-state index < -0.39 is 6.10 Å². The summed E-state index contributed by atoms with van der Waals surface area (Å²) in [5.41, 5.74) is 0. The summed E-state index contributed by atoms with van der Waals surface area (Å²) >= 11 is 0. The largest absolute Gasteiger partial charge is 0.462 e. The van der Waals surface area contributed by atoms with E-state index >= 15 is 0 Å². The Morgan fingerprint density at radius 1 is 0.256 bits per heavy atom. The molecule has 0 amide bonds. The Morgan fingerprint density at radius 2 is 0.500 bits per heavy atom. The van der Waals surface area contributed by atoms with Gasteiger partial charge in [0, 0.05) is 19.3 Å². The van der Waals surface area contributed by atoms with Gasteiger partial charge in [0.05, 0.1) is 0 Å². The molecule has 0 rings (SSSR count). The zero-order chi connectivity index (χ0) is 59.2. The van der Waals surface area contributed by atoms with Crippen molar-refractivity contribution in [2.24, 2.45) is 0 Å². The number of unbranched alkanes of at least 4 members (excludes halogenated alkanes) is 40.